The SMILES string of the molecule is Nc1ccc2nc(N)ncc2c1. The summed E-state index contributed by atoms with van der Waals surface area (Å²) in [4.78, 5) is 7.89. The van der Waals surface area contributed by atoms with E-state index in [0.717, 1.165) is 10.9 Å². The van der Waals surface area contributed by atoms with Gasteiger partial charge in [-0.2, -0.15) is 0 Å². The molecule has 1 aromatic heterocycles. The van der Waals surface area contributed by atoms with Crippen LogP contribution < -0.4 is 11.5 Å². The van der Waals surface area contributed by atoms with E-state index < -0.39 is 0 Å². The molecule has 2 aromatic rings. The minimum atomic E-state index is 0.285. The number of fused-ring (bicyclic) bond motifs is 1. The van der Waals surface area contributed by atoms with Gasteiger partial charge in [0.1, 0.15) is 0 Å². The zero-order valence-corrected chi connectivity index (χ0v) is 6.36. The highest BCUT2D eigenvalue weighted by Crippen LogP contribution is 2.14. The predicted molar refractivity (Wildman–Crippen MR) is 48.4 cm³/mol. The number of nitrogens with two attached hydrogens (primary N) is 2. The Bertz CT molecular complexity index is 383. The first-order valence-corrected chi connectivity index (χ1v) is 3.53. The number of nitrogen functional groups attached to an aromatic ring is 2. The summed E-state index contributed by atoms with van der Waals surface area (Å²) < 4.78 is 0. The van der Waals surface area contributed by atoms with E-state index >= 15 is 0 Å². The summed E-state index contributed by atoms with van der Waals surface area (Å²) in [6, 6.07) is 5.42. The Balaban J connectivity index is 2.79. The Morgan fingerprint density at radius 3 is 2.83 bits per heavy atom. The van der Waals surface area contributed by atoms with Gasteiger partial charge in [0.2, 0.25) is 5.95 Å². The number of benzene rings is 1. The van der Waals surface area contributed by atoms with Crippen LogP contribution in [0.4, 0.5) is 11.6 Å². The molecule has 4 nitrogen and oxygen atoms in total. The number of hydrogen-bond acceptors (Lipinski definition) is 4. The maximum absolute atomic E-state index is 5.58. The predicted octanol–water partition coefficient (Wildman–Crippen LogP) is 0.794. The Hall–Kier alpha value is -1.84. The summed E-state index contributed by atoms with van der Waals surface area (Å²) in [6.07, 6.45) is 1.66. The summed E-state index contributed by atoms with van der Waals surface area (Å²) in [7, 11) is 0. The quantitative estimate of drug-likeness (QED) is 0.558. The van der Waals surface area contributed by atoms with E-state index in [1.54, 1.807) is 12.3 Å². The molecule has 1 aromatic carbocycles. The Morgan fingerprint density at radius 1 is 1.17 bits per heavy atom. The molecule has 0 fully saturated rings. The molecular formula is C8H8N4. The smallest absolute Gasteiger partial charge is 0.220 e. The highest BCUT2D eigenvalue weighted by Gasteiger charge is 1.95. The van der Waals surface area contributed by atoms with Gasteiger partial charge >= 0.3 is 0 Å². The molecule has 2 rings (SSSR count). The molecule has 0 unspecified atom stereocenters. The van der Waals surface area contributed by atoms with E-state index in [1.165, 1.54) is 0 Å². The van der Waals surface area contributed by atoms with Gasteiger partial charge in [-0.05, 0) is 18.2 Å². The van der Waals surface area contributed by atoms with Gasteiger partial charge in [0, 0.05) is 17.3 Å². The van der Waals surface area contributed by atoms with Gasteiger partial charge in [-0.25, -0.2) is 9.97 Å². The lowest BCUT2D eigenvalue weighted by atomic mass is 10.2. The second kappa shape index (κ2) is 2.34. The fraction of sp³-hybridized carbons (Fsp3) is 0. The number of hydrogen-bond donors (Lipinski definition) is 2. The minimum Gasteiger partial charge on any atom is -0.399 e. The second-order valence-electron chi connectivity index (χ2n) is 2.55. The third-order valence-corrected chi connectivity index (χ3v) is 1.62. The fourth-order valence-electron chi connectivity index (χ4n) is 1.07. The summed E-state index contributed by atoms with van der Waals surface area (Å²) in [6.45, 7) is 0. The zero-order chi connectivity index (χ0) is 8.55. The maximum Gasteiger partial charge on any atom is 0.220 e. The van der Waals surface area contributed by atoms with Crippen LogP contribution in [0.5, 0.6) is 0 Å². The van der Waals surface area contributed by atoms with Crippen molar-refractivity contribution in [3.05, 3.63) is 24.4 Å². The normalized spacial score (nSPS) is 10.3. The molecule has 12 heavy (non-hydrogen) atoms. The van der Waals surface area contributed by atoms with Crippen molar-refractivity contribution in [2.24, 2.45) is 0 Å². The van der Waals surface area contributed by atoms with Crippen LogP contribution in [-0.2, 0) is 0 Å². The van der Waals surface area contributed by atoms with Gasteiger partial charge in [-0.3, -0.25) is 0 Å². The van der Waals surface area contributed by atoms with Gasteiger partial charge in [-0.1, -0.05) is 0 Å². The van der Waals surface area contributed by atoms with E-state index in [0.29, 0.717) is 5.69 Å². The molecule has 0 amide bonds. The molecule has 0 radical (unpaired) electrons. The average molecular weight is 160 g/mol. The molecule has 0 atom stereocenters. The number of nitrogens with zero attached hydrogens (tertiary/aromatic N) is 2. The topological polar surface area (TPSA) is 77.8 Å². The van der Waals surface area contributed by atoms with Gasteiger partial charge in [0.15, 0.2) is 0 Å². The lowest BCUT2D eigenvalue weighted by molar-refractivity contribution is 1.24. The molecule has 0 aliphatic carbocycles. The first-order valence-electron chi connectivity index (χ1n) is 3.53. The molecule has 60 valence electrons. The molecule has 1 heterocycles. The highest BCUT2D eigenvalue weighted by molar-refractivity contribution is 5.81. The number of anilines is 2. The van der Waals surface area contributed by atoms with Crippen LogP contribution in [0.2, 0.25) is 0 Å². The van der Waals surface area contributed by atoms with Gasteiger partial charge in [0.25, 0.3) is 0 Å². The standard InChI is InChI=1S/C8H8N4/c9-6-1-2-7-5(3-6)4-11-8(10)12-7/h1-4H,9H2,(H2,10,11,12). The summed E-state index contributed by atoms with van der Waals surface area (Å²) in [5.41, 5.74) is 12.5. The van der Waals surface area contributed by atoms with Crippen molar-refractivity contribution in [2.45, 2.75) is 0 Å². The molecule has 0 saturated carbocycles. The molecule has 0 saturated heterocycles. The Labute approximate surface area is 69.2 Å². The van der Waals surface area contributed by atoms with Crippen LogP contribution in [-0.4, -0.2) is 9.97 Å². The maximum atomic E-state index is 5.58. The Kier molecular flexibility index (Phi) is 1.33. The van der Waals surface area contributed by atoms with Crippen LogP contribution in [0.25, 0.3) is 10.9 Å². The minimum absolute atomic E-state index is 0.285. The summed E-state index contributed by atoms with van der Waals surface area (Å²) in [5.74, 6) is 0.285. The zero-order valence-electron chi connectivity index (χ0n) is 6.36. The molecule has 4 heteroatoms. The molecule has 4 N–H and O–H groups in total. The Morgan fingerprint density at radius 2 is 2.00 bits per heavy atom. The van der Waals surface area contributed by atoms with E-state index in [2.05, 4.69) is 9.97 Å². The van der Waals surface area contributed by atoms with Crippen LogP contribution >= 0.6 is 0 Å². The summed E-state index contributed by atoms with van der Waals surface area (Å²) >= 11 is 0. The van der Waals surface area contributed by atoms with E-state index in [9.17, 15) is 0 Å². The molecule has 0 aliphatic rings. The first-order chi connectivity index (χ1) is 5.75. The van der Waals surface area contributed by atoms with Gasteiger partial charge in [-0.15, -0.1) is 0 Å². The van der Waals surface area contributed by atoms with E-state index in [-0.39, 0.29) is 5.95 Å². The monoisotopic (exact) mass is 160 g/mol. The molecule has 0 bridgehead atoms. The van der Waals surface area contributed by atoms with E-state index in [4.69, 9.17) is 11.5 Å². The van der Waals surface area contributed by atoms with Crippen molar-refractivity contribution in [3.8, 4) is 0 Å². The fourth-order valence-corrected chi connectivity index (χ4v) is 1.07. The van der Waals surface area contributed by atoms with E-state index in [1.807, 2.05) is 12.1 Å². The number of rotatable bonds is 0. The van der Waals surface area contributed by atoms with Crippen molar-refractivity contribution < 1.29 is 0 Å². The third-order valence-electron chi connectivity index (χ3n) is 1.62. The second-order valence-corrected chi connectivity index (χ2v) is 2.55. The molecule has 0 aliphatic heterocycles. The molecular weight excluding hydrogens is 152 g/mol. The van der Waals surface area contributed by atoms with Crippen LogP contribution in [0.1, 0.15) is 0 Å². The van der Waals surface area contributed by atoms with Gasteiger partial charge in [0.05, 0.1) is 5.52 Å². The highest BCUT2D eigenvalue weighted by atomic mass is 15.0. The van der Waals surface area contributed by atoms with Crippen LogP contribution in [0, 0.1) is 0 Å². The number of aromatic nitrogens is 2. The average Bonchev–Trinajstić information content (AvgIpc) is 2.05. The van der Waals surface area contributed by atoms with Crippen molar-refractivity contribution in [1.29, 1.82) is 0 Å². The molecule has 0 spiro atoms. The largest absolute Gasteiger partial charge is 0.399 e. The van der Waals surface area contributed by atoms with Crippen LogP contribution in [0.15, 0.2) is 24.4 Å². The first kappa shape index (κ1) is 6.84. The van der Waals surface area contributed by atoms with Crippen molar-refractivity contribution in [2.75, 3.05) is 11.5 Å². The lowest BCUT2D eigenvalue weighted by Gasteiger charge is -1.98. The third kappa shape index (κ3) is 1.03. The summed E-state index contributed by atoms with van der Waals surface area (Å²) in [5, 5.41) is 0.907. The van der Waals surface area contributed by atoms with Crippen molar-refractivity contribution >= 4 is 22.5 Å². The lowest BCUT2D eigenvalue weighted by Crippen LogP contribution is -1.94. The van der Waals surface area contributed by atoms with Crippen molar-refractivity contribution in [1.82, 2.24) is 9.97 Å². The van der Waals surface area contributed by atoms with Crippen LogP contribution in [0.3, 0.4) is 0 Å². The van der Waals surface area contributed by atoms with Crippen molar-refractivity contribution in [3.63, 3.8) is 0 Å². The van der Waals surface area contributed by atoms with Gasteiger partial charge < -0.3 is 11.5 Å².